The predicted octanol–water partition coefficient (Wildman–Crippen LogP) is -2.30. The summed E-state index contributed by atoms with van der Waals surface area (Å²) < 4.78 is 6.53. The van der Waals surface area contributed by atoms with Crippen LogP contribution in [0.3, 0.4) is 0 Å². The molecule has 1 unspecified atom stereocenters. The zero-order valence-electron chi connectivity index (χ0n) is 11.3. The second-order valence-corrected chi connectivity index (χ2v) is 8.71. The minimum Gasteiger partial charge on any atom is -1.00 e. The number of halogens is 2. The van der Waals surface area contributed by atoms with Crippen molar-refractivity contribution in [2.75, 3.05) is 0 Å². The summed E-state index contributed by atoms with van der Waals surface area (Å²) in [6, 6.07) is 0. The Morgan fingerprint density at radius 1 is 1.24 bits per heavy atom. The fraction of sp³-hybridized carbons (Fsp3) is 0.692. The largest absolute Gasteiger partial charge is 1.00 e. The first kappa shape index (κ1) is 20.2. The van der Waals surface area contributed by atoms with Crippen LogP contribution in [0, 0.1) is 11.3 Å². The van der Waals surface area contributed by atoms with Crippen molar-refractivity contribution < 1.29 is 48.3 Å². The number of hydrogen-bond acceptors (Lipinski definition) is 1. The Labute approximate surface area is 130 Å². The Bertz CT molecular complexity index is 298. The summed E-state index contributed by atoms with van der Waals surface area (Å²) in [5.74, 6) is 0.672. The van der Waals surface area contributed by atoms with E-state index in [2.05, 4.69) is 52.8 Å². The summed E-state index contributed by atoms with van der Waals surface area (Å²) in [7, 11) is 0. The monoisotopic (exact) mass is 353 g/mol. The van der Waals surface area contributed by atoms with E-state index in [1.54, 1.807) is 5.57 Å². The number of nitrogens with two attached hydrogens (primary N) is 1. The Hall–Kier alpha value is 0.903. The van der Waals surface area contributed by atoms with Gasteiger partial charge in [0, 0.05) is 0 Å². The number of rotatable bonds is 4. The smallest absolute Gasteiger partial charge is 1.00 e. The molecule has 0 aromatic heterocycles. The van der Waals surface area contributed by atoms with Crippen LogP contribution in [0.4, 0.5) is 0 Å². The summed E-state index contributed by atoms with van der Waals surface area (Å²) in [4.78, 5) is 0. The van der Waals surface area contributed by atoms with Gasteiger partial charge in [0.1, 0.15) is 0 Å². The van der Waals surface area contributed by atoms with Crippen LogP contribution in [0.2, 0.25) is 3.12 Å². The molecule has 4 heteroatoms. The topological polar surface area (TPSA) is 26.0 Å². The van der Waals surface area contributed by atoms with Crippen molar-refractivity contribution in [1.29, 1.82) is 0 Å². The normalized spacial score (nSPS) is 17.7. The van der Waals surface area contributed by atoms with Crippen LogP contribution in [0.25, 0.3) is 0 Å². The zero-order chi connectivity index (χ0) is 11.7. The van der Waals surface area contributed by atoms with Gasteiger partial charge in [0.25, 0.3) is 0 Å². The van der Waals surface area contributed by atoms with Crippen LogP contribution >= 0.6 is 0 Å². The van der Waals surface area contributed by atoms with Gasteiger partial charge in [-0.2, -0.15) is 0 Å². The Morgan fingerprint density at radius 3 is 2.06 bits per heavy atom. The standard InChI is InChI=1S/C13H21.2ClH.H2N.Zr/c1-10(2)11(3)13(4,5)12-8-6-7-9-12;;;;/h6-8,10H,9H2,1-5H3;2*1H;1H2;/q;;;-1;+3/p-2. The summed E-state index contributed by atoms with van der Waals surface area (Å²) in [5.41, 5.74) is 1.82. The van der Waals surface area contributed by atoms with E-state index in [1.807, 2.05) is 0 Å². The third-order valence-electron chi connectivity index (χ3n) is 4.33. The molecule has 0 heterocycles. The maximum absolute atomic E-state index is 6.18. The third-order valence-corrected chi connectivity index (χ3v) is 8.76. The van der Waals surface area contributed by atoms with Gasteiger partial charge in [0.2, 0.25) is 0 Å². The van der Waals surface area contributed by atoms with Gasteiger partial charge < -0.3 is 24.8 Å². The van der Waals surface area contributed by atoms with Crippen molar-refractivity contribution >= 4 is 0 Å². The molecule has 0 aliphatic heterocycles. The van der Waals surface area contributed by atoms with Gasteiger partial charge in [0.05, 0.1) is 0 Å². The second-order valence-electron chi connectivity index (χ2n) is 5.45. The first-order valence-electron chi connectivity index (χ1n) is 5.70. The summed E-state index contributed by atoms with van der Waals surface area (Å²) in [6.07, 6.45) is 7.84. The maximum atomic E-state index is 6.18. The quantitative estimate of drug-likeness (QED) is 0.603. The molecule has 0 spiro atoms. The van der Waals surface area contributed by atoms with Gasteiger partial charge in [-0.3, -0.25) is 0 Å². The van der Waals surface area contributed by atoms with Crippen molar-refractivity contribution in [3.63, 3.8) is 0 Å². The maximum Gasteiger partial charge on any atom is -1.00 e. The summed E-state index contributed by atoms with van der Waals surface area (Å²) >= 11 is -0.806. The van der Waals surface area contributed by atoms with Crippen LogP contribution in [0.1, 0.15) is 41.0 Å². The molecule has 1 nitrogen and oxygen atoms in total. The average Bonchev–Trinajstić information content (AvgIpc) is 2.68. The van der Waals surface area contributed by atoms with Crippen LogP contribution in [-0.4, -0.2) is 0 Å². The average molecular weight is 355 g/mol. The van der Waals surface area contributed by atoms with Crippen molar-refractivity contribution in [3.8, 4) is 0 Å². The molecule has 0 radical (unpaired) electrons. The van der Waals surface area contributed by atoms with Crippen molar-refractivity contribution in [3.05, 3.63) is 23.8 Å². The minimum absolute atomic E-state index is 0. The summed E-state index contributed by atoms with van der Waals surface area (Å²) in [5, 5.41) is 0. The van der Waals surface area contributed by atoms with Crippen molar-refractivity contribution in [2.45, 2.75) is 44.2 Å². The van der Waals surface area contributed by atoms with E-state index in [-0.39, 0.29) is 30.2 Å². The molecular formula is C13H23Cl2NZr. The molecule has 0 saturated heterocycles. The number of hydrogen-bond donors (Lipinski definition) is 1. The molecule has 0 fully saturated rings. The van der Waals surface area contributed by atoms with Gasteiger partial charge in [-0.15, -0.1) is 0 Å². The van der Waals surface area contributed by atoms with E-state index in [0.717, 1.165) is 6.42 Å². The van der Waals surface area contributed by atoms with Gasteiger partial charge in [-0.1, -0.05) is 0 Å². The van der Waals surface area contributed by atoms with E-state index in [9.17, 15) is 0 Å². The molecule has 2 N–H and O–H groups in total. The zero-order valence-corrected chi connectivity index (χ0v) is 15.3. The Balaban J connectivity index is 0. The van der Waals surface area contributed by atoms with Crippen LogP contribution < -0.4 is 28.5 Å². The summed E-state index contributed by atoms with van der Waals surface area (Å²) in [6.45, 7) is 11.8. The Morgan fingerprint density at radius 2 is 1.76 bits per heavy atom. The third kappa shape index (κ3) is 3.69. The molecule has 17 heavy (non-hydrogen) atoms. The Kier molecular flexibility index (Phi) is 8.90. The van der Waals surface area contributed by atoms with E-state index in [4.69, 9.17) is 3.68 Å². The predicted molar refractivity (Wildman–Crippen MR) is 63.0 cm³/mol. The van der Waals surface area contributed by atoms with Gasteiger partial charge in [0.15, 0.2) is 0 Å². The molecule has 1 rings (SSSR count). The van der Waals surface area contributed by atoms with E-state index in [1.165, 1.54) is 0 Å². The van der Waals surface area contributed by atoms with Gasteiger partial charge >= 0.3 is 106 Å². The molecule has 0 bridgehead atoms. The minimum atomic E-state index is -0.806. The molecule has 1 atom stereocenters. The fourth-order valence-corrected chi connectivity index (χ4v) is 4.41. The molecule has 0 aromatic rings. The first-order valence-corrected chi connectivity index (χ1v) is 8.35. The molecule has 1 aliphatic carbocycles. The van der Waals surface area contributed by atoms with Crippen LogP contribution in [0.5, 0.6) is 0 Å². The van der Waals surface area contributed by atoms with Gasteiger partial charge in [-0.05, 0) is 0 Å². The van der Waals surface area contributed by atoms with Crippen molar-refractivity contribution in [2.24, 2.45) is 15.0 Å². The molecule has 0 aromatic carbocycles. The van der Waals surface area contributed by atoms with E-state index >= 15 is 0 Å². The molecule has 1 aliphatic rings. The molecular weight excluding hydrogens is 332 g/mol. The van der Waals surface area contributed by atoms with Gasteiger partial charge in [-0.25, -0.2) is 0 Å². The molecule has 98 valence electrons. The first-order chi connectivity index (χ1) is 6.86. The molecule has 0 saturated carbocycles. The van der Waals surface area contributed by atoms with E-state index < -0.39 is 23.5 Å². The van der Waals surface area contributed by atoms with Crippen molar-refractivity contribution in [1.82, 2.24) is 0 Å². The van der Waals surface area contributed by atoms with Crippen LogP contribution in [0.15, 0.2) is 23.8 Å². The molecule has 0 amide bonds. The fourth-order valence-electron chi connectivity index (χ4n) is 2.31. The van der Waals surface area contributed by atoms with E-state index in [0.29, 0.717) is 9.04 Å². The second kappa shape index (κ2) is 7.48. The SMILES string of the molecule is CC(C)[C](C)([Zr+2][NH2])C(C)(C)C1=CC=CC1.[Cl-].[Cl-]. The van der Waals surface area contributed by atoms with Crippen LogP contribution in [-0.2, 0) is 23.5 Å². The number of allylic oxidation sites excluding steroid dienone is 4.